The van der Waals surface area contributed by atoms with Gasteiger partial charge in [-0.05, 0) is 120 Å². The molecule has 260 valence electrons. The molecule has 1 nitrogen and oxygen atoms in total. The normalized spacial score (nSPS) is 13.6. The summed E-state index contributed by atoms with van der Waals surface area (Å²) in [6.07, 6.45) is 14.1. The van der Waals surface area contributed by atoms with Gasteiger partial charge in [0.25, 0.3) is 0 Å². The van der Waals surface area contributed by atoms with Crippen molar-refractivity contribution in [2.24, 2.45) is 0 Å². The van der Waals surface area contributed by atoms with Gasteiger partial charge in [-0.1, -0.05) is 157 Å². The Bertz CT molecular complexity index is 1810. The highest BCUT2D eigenvalue weighted by Crippen LogP contribution is 2.55. The third-order valence-corrected chi connectivity index (χ3v) is 11.5. The van der Waals surface area contributed by atoms with Crippen LogP contribution < -0.4 is 4.90 Å². The topological polar surface area (TPSA) is 3.24 Å². The van der Waals surface area contributed by atoms with Crippen molar-refractivity contribution in [2.45, 2.75) is 124 Å². The number of rotatable bonds is 16. The Balaban J connectivity index is 1.38. The highest BCUT2D eigenvalue weighted by molar-refractivity contribution is 5.85. The minimum atomic E-state index is 0.0950. The fourth-order valence-electron chi connectivity index (χ4n) is 8.29. The van der Waals surface area contributed by atoms with Gasteiger partial charge in [-0.2, -0.15) is 0 Å². The van der Waals surface area contributed by atoms with E-state index in [4.69, 9.17) is 0 Å². The van der Waals surface area contributed by atoms with Crippen molar-refractivity contribution < 1.29 is 0 Å². The van der Waals surface area contributed by atoms with Crippen molar-refractivity contribution in [3.8, 4) is 22.3 Å². The number of anilines is 3. The minimum Gasteiger partial charge on any atom is -0.311 e. The summed E-state index contributed by atoms with van der Waals surface area (Å²) in [5, 5.41) is 0. The highest BCUT2D eigenvalue weighted by Gasteiger charge is 2.42. The third kappa shape index (κ3) is 7.48. The summed E-state index contributed by atoms with van der Waals surface area (Å²) in [5.41, 5.74) is 16.4. The summed E-state index contributed by atoms with van der Waals surface area (Å²) >= 11 is 0. The van der Waals surface area contributed by atoms with Gasteiger partial charge in [0, 0.05) is 22.5 Å². The molecule has 5 aromatic rings. The summed E-state index contributed by atoms with van der Waals surface area (Å²) in [7, 11) is 0. The predicted molar refractivity (Wildman–Crippen MR) is 218 cm³/mol. The molecule has 5 aromatic carbocycles. The Kier molecular flexibility index (Phi) is 11.6. The van der Waals surface area contributed by atoms with Crippen molar-refractivity contribution in [2.75, 3.05) is 4.90 Å². The number of nitrogens with zero attached hydrogens (tertiary/aromatic N) is 1. The monoisotopic (exact) mass is 661 g/mol. The average molecular weight is 662 g/mol. The van der Waals surface area contributed by atoms with Crippen LogP contribution in [0.1, 0.15) is 132 Å². The molecular formula is C49H59N. The molecule has 0 fully saturated rings. The Hall–Kier alpha value is -4.10. The summed E-state index contributed by atoms with van der Waals surface area (Å²) in [6, 6.07) is 42.0. The molecule has 50 heavy (non-hydrogen) atoms. The van der Waals surface area contributed by atoms with Crippen LogP contribution in [0.5, 0.6) is 0 Å². The lowest BCUT2D eigenvalue weighted by molar-refractivity contribution is 0.401. The van der Waals surface area contributed by atoms with Crippen LogP contribution in [0.15, 0.2) is 109 Å². The number of hydrogen-bond acceptors (Lipinski definition) is 1. The molecule has 0 aliphatic heterocycles. The number of aryl methyl sites for hydroxylation is 2. The Labute approximate surface area is 303 Å². The van der Waals surface area contributed by atoms with Gasteiger partial charge in [-0.15, -0.1) is 0 Å². The molecule has 0 bridgehead atoms. The Morgan fingerprint density at radius 2 is 0.980 bits per heavy atom. The molecular weight excluding hydrogens is 603 g/mol. The fraction of sp³-hybridized carbons (Fsp3) is 0.388. The first-order valence-electron chi connectivity index (χ1n) is 19.7. The van der Waals surface area contributed by atoms with Gasteiger partial charge >= 0.3 is 0 Å². The number of unbranched alkanes of at least 4 members (excludes halogenated alkanes) is 6. The van der Waals surface area contributed by atoms with Crippen LogP contribution in [0.2, 0.25) is 0 Å². The summed E-state index contributed by atoms with van der Waals surface area (Å²) in [6.45, 7) is 13.7. The average Bonchev–Trinajstić information content (AvgIpc) is 3.41. The largest absolute Gasteiger partial charge is 0.311 e. The van der Waals surface area contributed by atoms with Crippen LogP contribution >= 0.6 is 0 Å². The molecule has 0 radical (unpaired) electrons. The summed E-state index contributed by atoms with van der Waals surface area (Å²) in [4.78, 5) is 2.39. The lowest BCUT2D eigenvalue weighted by atomic mass is 9.70. The maximum absolute atomic E-state index is 2.57. The van der Waals surface area contributed by atoms with Gasteiger partial charge in [0.1, 0.15) is 0 Å². The molecule has 1 unspecified atom stereocenters. The van der Waals surface area contributed by atoms with E-state index in [1.54, 1.807) is 11.1 Å². The zero-order valence-electron chi connectivity index (χ0n) is 31.7. The lowest BCUT2D eigenvalue weighted by Gasteiger charge is -2.33. The quantitative estimate of drug-likeness (QED) is 0.0951. The number of fused-ring (bicyclic) bond motifs is 3. The van der Waals surface area contributed by atoms with Gasteiger partial charge in [-0.3, -0.25) is 0 Å². The van der Waals surface area contributed by atoms with Gasteiger partial charge in [0.2, 0.25) is 0 Å². The maximum Gasteiger partial charge on any atom is 0.0462 e. The van der Waals surface area contributed by atoms with Gasteiger partial charge < -0.3 is 4.90 Å². The van der Waals surface area contributed by atoms with E-state index in [0.717, 1.165) is 6.42 Å². The number of hydrogen-bond donors (Lipinski definition) is 0. The van der Waals surface area contributed by atoms with Crippen LogP contribution in [-0.2, 0) is 5.41 Å². The first-order chi connectivity index (χ1) is 24.4. The minimum absolute atomic E-state index is 0.0950. The van der Waals surface area contributed by atoms with E-state index in [0.29, 0.717) is 5.92 Å². The second-order valence-electron chi connectivity index (χ2n) is 15.1. The molecule has 0 spiro atoms. The molecule has 0 saturated heterocycles. The van der Waals surface area contributed by atoms with E-state index < -0.39 is 0 Å². The highest BCUT2D eigenvalue weighted by atomic mass is 15.1. The van der Waals surface area contributed by atoms with Crippen molar-refractivity contribution >= 4 is 17.1 Å². The van der Waals surface area contributed by atoms with Crippen LogP contribution in [0, 0.1) is 13.8 Å². The van der Waals surface area contributed by atoms with Crippen molar-refractivity contribution in [1.29, 1.82) is 0 Å². The molecule has 1 atom stereocenters. The number of benzene rings is 5. The predicted octanol–water partition coefficient (Wildman–Crippen LogP) is 15.2. The Morgan fingerprint density at radius 1 is 0.500 bits per heavy atom. The van der Waals surface area contributed by atoms with Crippen molar-refractivity contribution in [3.05, 3.63) is 137 Å². The van der Waals surface area contributed by atoms with E-state index >= 15 is 0 Å². The van der Waals surface area contributed by atoms with Gasteiger partial charge in [-0.25, -0.2) is 0 Å². The molecule has 6 rings (SSSR count). The van der Waals surface area contributed by atoms with E-state index in [1.165, 1.54) is 120 Å². The molecule has 1 aliphatic carbocycles. The standard InChI is InChI=1S/C49H59N/c1-7-10-12-14-32-49(33-15-13-11-8-2)47-34-37(5)18-30-45(47)46-31-23-41(35-48(46)49)40-21-28-44(29-22-40)50(42-24-16-36(4)17-25-42)43-26-19-39(20-27-43)38(6)9-3/h16-31,34-35,38H,7-15,32-33H2,1-6H3. The summed E-state index contributed by atoms with van der Waals surface area (Å²) < 4.78 is 0. The molecule has 1 aliphatic rings. The molecule has 0 aromatic heterocycles. The Morgan fingerprint density at radius 3 is 1.54 bits per heavy atom. The molecule has 1 heteroatoms. The zero-order chi connectivity index (χ0) is 35.1. The van der Waals surface area contributed by atoms with Crippen LogP contribution in [-0.4, -0.2) is 0 Å². The smallest absolute Gasteiger partial charge is 0.0462 e. The molecule has 0 heterocycles. The second kappa shape index (κ2) is 16.3. The molecule has 0 N–H and O–H groups in total. The lowest BCUT2D eigenvalue weighted by Crippen LogP contribution is -2.25. The summed E-state index contributed by atoms with van der Waals surface area (Å²) in [5.74, 6) is 0.562. The first kappa shape index (κ1) is 35.7. The maximum atomic E-state index is 2.57. The van der Waals surface area contributed by atoms with Crippen LogP contribution in [0.3, 0.4) is 0 Å². The van der Waals surface area contributed by atoms with Gasteiger partial charge in [0.15, 0.2) is 0 Å². The second-order valence-corrected chi connectivity index (χ2v) is 15.1. The van der Waals surface area contributed by atoms with E-state index in [2.05, 4.69) is 156 Å². The van der Waals surface area contributed by atoms with E-state index in [-0.39, 0.29) is 5.41 Å². The van der Waals surface area contributed by atoms with Crippen LogP contribution in [0.4, 0.5) is 17.1 Å². The van der Waals surface area contributed by atoms with E-state index in [9.17, 15) is 0 Å². The van der Waals surface area contributed by atoms with E-state index in [1.807, 2.05) is 0 Å². The SMILES string of the molecule is CCCCCCC1(CCCCCC)c2cc(C)ccc2-c2ccc(-c3ccc(N(c4ccc(C)cc4)c4ccc(C(C)CC)cc4)cc3)cc21. The van der Waals surface area contributed by atoms with Crippen molar-refractivity contribution in [3.63, 3.8) is 0 Å². The van der Waals surface area contributed by atoms with Crippen LogP contribution in [0.25, 0.3) is 22.3 Å². The first-order valence-corrected chi connectivity index (χ1v) is 19.7. The molecule has 0 amide bonds. The van der Waals surface area contributed by atoms with Crippen molar-refractivity contribution in [1.82, 2.24) is 0 Å². The molecule has 0 saturated carbocycles. The van der Waals surface area contributed by atoms with Gasteiger partial charge in [0.05, 0.1) is 0 Å². The third-order valence-electron chi connectivity index (χ3n) is 11.5. The fourth-order valence-corrected chi connectivity index (χ4v) is 8.29. The zero-order valence-corrected chi connectivity index (χ0v) is 31.7.